The number of hydrogen-bond acceptors (Lipinski definition) is 14. The summed E-state index contributed by atoms with van der Waals surface area (Å²) in [7, 11) is 0. The lowest BCUT2D eigenvalue weighted by Crippen LogP contribution is -2.00. The molecule has 12 nitrogen and oxygen atoms in total. The van der Waals surface area contributed by atoms with Gasteiger partial charge in [-0.1, -0.05) is 297 Å². The third kappa shape index (κ3) is 12.1. The van der Waals surface area contributed by atoms with Crippen molar-refractivity contribution in [2.24, 2.45) is 0 Å². The lowest BCUT2D eigenvalue weighted by molar-refractivity contribution is 0.668. The van der Waals surface area contributed by atoms with Crippen molar-refractivity contribution < 1.29 is 8.83 Å². The van der Waals surface area contributed by atoms with E-state index in [1.54, 1.807) is 22.7 Å². The van der Waals surface area contributed by atoms with Gasteiger partial charge in [0.15, 0.2) is 46.6 Å². The summed E-state index contributed by atoms with van der Waals surface area (Å²) in [6.07, 6.45) is 0. The van der Waals surface area contributed by atoms with Crippen LogP contribution in [0.1, 0.15) is 0 Å². The Morgan fingerprint density at radius 3 is 1.00 bits per heavy atom. The fourth-order valence-electron chi connectivity index (χ4n) is 16.3. The SMILES string of the molecule is c1ccc(-c2cccc(-c3nc(-c4ccc(-c5ccc6c(c5)oc5cccc(-c7nc(-c8ccccc8)nc(-c8ccccc8)n7)c56)cc4)c4sc5cc(-c6cccc(-c7nc(-c8ccccc8)nc(-c8cccc9oc%10cc(-c%11cccc(-c%12nc(-c%13ccccc%13)nc%13c%12sc%12ccccc%12%13)c%11)ccc%10c89)n7)c6)ccc5c4n3)c2)cc1. The highest BCUT2D eigenvalue weighted by molar-refractivity contribution is 7.26. The molecule has 0 aliphatic carbocycles. The van der Waals surface area contributed by atoms with Gasteiger partial charge in [-0.25, -0.2) is 49.8 Å². The molecule has 23 rings (SSSR count). The first-order valence-electron chi connectivity index (χ1n) is 39.0. The van der Waals surface area contributed by atoms with Gasteiger partial charge in [0.25, 0.3) is 0 Å². The van der Waals surface area contributed by atoms with E-state index in [9.17, 15) is 0 Å². The van der Waals surface area contributed by atoms with E-state index in [2.05, 4.69) is 224 Å². The van der Waals surface area contributed by atoms with E-state index in [0.29, 0.717) is 46.6 Å². The van der Waals surface area contributed by atoms with Crippen molar-refractivity contribution in [2.45, 2.75) is 0 Å². The Bertz CT molecular complexity index is 7870. The molecule has 550 valence electrons. The van der Waals surface area contributed by atoms with E-state index >= 15 is 0 Å². The molecule has 0 amide bonds. The molecule has 23 aromatic rings. The van der Waals surface area contributed by atoms with Crippen molar-refractivity contribution in [3.8, 4) is 158 Å². The molecular formula is C104H60N10O2S2. The zero-order chi connectivity index (χ0) is 77.7. The highest BCUT2D eigenvalue weighted by Crippen LogP contribution is 2.47. The van der Waals surface area contributed by atoms with Crippen molar-refractivity contribution in [3.05, 3.63) is 364 Å². The van der Waals surface area contributed by atoms with Crippen molar-refractivity contribution in [1.82, 2.24) is 49.8 Å². The topological polar surface area (TPSA) is 155 Å². The number of thiophene rings is 2. The lowest BCUT2D eigenvalue weighted by Gasteiger charge is -2.10. The zero-order valence-electron chi connectivity index (χ0n) is 62.7. The van der Waals surface area contributed by atoms with Gasteiger partial charge in [0, 0.05) is 97.4 Å². The summed E-state index contributed by atoms with van der Waals surface area (Å²) in [5, 5.41) is 5.94. The fraction of sp³-hybridized carbons (Fsp3) is 0. The minimum atomic E-state index is 0.532. The molecule has 0 N–H and O–H groups in total. The van der Waals surface area contributed by atoms with Gasteiger partial charge in [-0.05, 0) is 111 Å². The Morgan fingerprint density at radius 1 is 0.178 bits per heavy atom. The van der Waals surface area contributed by atoms with Crippen molar-refractivity contribution >= 4 is 107 Å². The van der Waals surface area contributed by atoms with Gasteiger partial charge in [-0.2, -0.15) is 0 Å². The Hall–Kier alpha value is -15.5. The molecule has 15 aromatic carbocycles. The maximum Gasteiger partial charge on any atom is 0.164 e. The molecule has 0 spiro atoms. The predicted octanol–water partition coefficient (Wildman–Crippen LogP) is 27.5. The van der Waals surface area contributed by atoms with Gasteiger partial charge >= 0.3 is 0 Å². The number of fused-ring (bicyclic) bond motifs is 12. The van der Waals surface area contributed by atoms with Gasteiger partial charge < -0.3 is 8.83 Å². The van der Waals surface area contributed by atoms with E-state index < -0.39 is 0 Å². The Morgan fingerprint density at radius 2 is 0.492 bits per heavy atom. The van der Waals surface area contributed by atoms with Crippen LogP contribution in [0, 0.1) is 0 Å². The molecule has 0 aliphatic rings. The zero-order valence-corrected chi connectivity index (χ0v) is 64.4. The molecule has 0 atom stereocenters. The summed E-state index contributed by atoms with van der Waals surface area (Å²) in [4.78, 5) is 52.6. The molecule has 118 heavy (non-hydrogen) atoms. The molecule has 0 saturated carbocycles. The average molecular weight is 1550 g/mol. The normalized spacial score (nSPS) is 11.7. The number of nitrogens with zero attached hydrogens (tertiary/aromatic N) is 10. The molecule has 0 aliphatic heterocycles. The third-order valence-corrected chi connectivity index (χ3v) is 24.4. The molecule has 0 unspecified atom stereocenters. The molecule has 0 saturated heterocycles. The largest absolute Gasteiger partial charge is 0.456 e. The molecule has 0 radical (unpaired) electrons. The molecule has 8 aromatic heterocycles. The van der Waals surface area contributed by atoms with E-state index in [-0.39, 0.29) is 0 Å². The third-order valence-electron chi connectivity index (χ3n) is 22.1. The monoisotopic (exact) mass is 1540 g/mol. The number of furan rings is 2. The highest BCUT2D eigenvalue weighted by Gasteiger charge is 2.25. The van der Waals surface area contributed by atoms with Gasteiger partial charge in [0.1, 0.15) is 22.3 Å². The number of aromatic nitrogens is 10. The van der Waals surface area contributed by atoms with Crippen LogP contribution >= 0.6 is 22.7 Å². The van der Waals surface area contributed by atoms with Gasteiger partial charge in [0.05, 0.1) is 31.8 Å². The van der Waals surface area contributed by atoms with E-state index in [0.717, 1.165) is 191 Å². The predicted molar refractivity (Wildman–Crippen MR) is 481 cm³/mol. The molecular weight excluding hydrogens is 1490 g/mol. The summed E-state index contributed by atoms with van der Waals surface area (Å²) < 4.78 is 17.9. The summed E-state index contributed by atoms with van der Waals surface area (Å²) in [6, 6.07) is 125. The smallest absolute Gasteiger partial charge is 0.164 e. The quantitative estimate of drug-likeness (QED) is 0.102. The Kier molecular flexibility index (Phi) is 16.3. The summed E-state index contributed by atoms with van der Waals surface area (Å²) in [6.45, 7) is 0. The summed E-state index contributed by atoms with van der Waals surface area (Å²) in [5.41, 5.74) is 24.0. The van der Waals surface area contributed by atoms with Crippen LogP contribution in [0.25, 0.3) is 243 Å². The maximum atomic E-state index is 6.83. The van der Waals surface area contributed by atoms with E-state index in [4.69, 9.17) is 58.7 Å². The second-order valence-corrected chi connectivity index (χ2v) is 31.4. The van der Waals surface area contributed by atoms with E-state index in [1.165, 1.54) is 4.70 Å². The van der Waals surface area contributed by atoms with Crippen LogP contribution in [0.3, 0.4) is 0 Å². The fourth-order valence-corrected chi connectivity index (χ4v) is 18.6. The van der Waals surface area contributed by atoms with Crippen LogP contribution < -0.4 is 0 Å². The number of rotatable bonds is 14. The molecule has 0 bridgehead atoms. The van der Waals surface area contributed by atoms with Crippen LogP contribution in [0.5, 0.6) is 0 Å². The van der Waals surface area contributed by atoms with E-state index in [1.807, 2.05) is 140 Å². The number of hydrogen-bond donors (Lipinski definition) is 0. The Balaban J connectivity index is 0.589. The molecule has 8 heterocycles. The maximum absolute atomic E-state index is 6.83. The minimum Gasteiger partial charge on any atom is -0.456 e. The van der Waals surface area contributed by atoms with Crippen molar-refractivity contribution in [3.63, 3.8) is 0 Å². The summed E-state index contributed by atoms with van der Waals surface area (Å²) in [5.74, 6) is 4.73. The van der Waals surface area contributed by atoms with Gasteiger partial charge in [-0.15, -0.1) is 22.7 Å². The molecule has 0 fully saturated rings. The van der Waals surface area contributed by atoms with Crippen LogP contribution in [-0.4, -0.2) is 49.8 Å². The van der Waals surface area contributed by atoms with Crippen LogP contribution in [0.2, 0.25) is 0 Å². The first-order chi connectivity index (χ1) is 58.4. The average Bonchev–Trinajstić information content (AvgIpc) is 1.53. The minimum absolute atomic E-state index is 0.532. The second-order valence-electron chi connectivity index (χ2n) is 29.3. The number of benzene rings is 15. The van der Waals surface area contributed by atoms with Crippen molar-refractivity contribution in [1.29, 1.82) is 0 Å². The Labute approximate surface area is 683 Å². The van der Waals surface area contributed by atoms with Crippen LogP contribution in [0.15, 0.2) is 373 Å². The van der Waals surface area contributed by atoms with Crippen LogP contribution in [-0.2, 0) is 0 Å². The van der Waals surface area contributed by atoms with Gasteiger partial charge in [-0.3, -0.25) is 0 Å². The first-order valence-corrected chi connectivity index (χ1v) is 40.6. The first kappa shape index (κ1) is 68.1. The standard InChI is InChI=1S/C104H60N10O2S2/c1-6-23-61(24-7-1)68-33-19-37-75(56-68)101-105-91(63-47-45-62(46-48-63)71-49-52-77-85(58-71)115-83-42-21-40-81(89(77)83)103-111-98(65-27-10-3-11-28-65)109-99(112-103)66-29-12-4-13-30-66)95-94(108-101)80-54-51-73(60-88(80)118-95)70-35-20-38-76(57-70)102-110-100(67-31-14-5-15-32-67)113-104(114-102)82-41-22-43-84-90(82)78-53-50-72(59-86(78)116-84)69-34-18-36-74(55-69)92-96-93(79-39-16-17-44-87(79)117-96)107-97(106-92)64-25-8-2-9-26-64/h1-60H. The van der Waals surface area contributed by atoms with Crippen molar-refractivity contribution in [2.75, 3.05) is 0 Å². The van der Waals surface area contributed by atoms with Gasteiger partial charge in [0.2, 0.25) is 0 Å². The van der Waals surface area contributed by atoms with Crippen LogP contribution in [0.4, 0.5) is 0 Å². The molecule has 14 heteroatoms. The second kappa shape index (κ2) is 28.3. The lowest BCUT2D eigenvalue weighted by atomic mass is 9.99. The highest BCUT2D eigenvalue weighted by atomic mass is 32.1. The summed E-state index contributed by atoms with van der Waals surface area (Å²) >= 11 is 3.43.